The smallest absolute Gasteiger partial charge is 0.306 e. The van der Waals surface area contributed by atoms with Gasteiger partial charge in [0, 0.05) is 47.7 Å². The summed E-state index contributed by atoms with van der Waals surface area (Å²) in [7, 11) is 1.42. The molecule has 0 N–H and O–H groups in total. The number of methoxy groups -OCH3 is 1. The van der Waals surface area contributed by atoms with Gasteiger partial charge < -0.3 is 14.2 Å². The first-order valence-electron chi connectivity index (χ1n) is 9.49. The molecule has 2 rings (SSSR count). The first kappa shape index (κ1) is 22.1. The van der Waals surface area contributed by atoms with Gasteiger partial charge in [-0.15, -0.1) is 0 Å². The van der Waals surface area contributed by atoms with Crippen molar-refractivity contribution < 1.29 is 23.8 Å². The average molecular weight is 405 g/mol. The summed E-state index contributed by atoms with van der Waals surface area (Å²) in [5.74, 6) is 3.11. The van der Waals surface area contributed by atoms with Gasteiger partial charge in [0.15, 0.2) is 5.79 Å². The molecule has 1 saturated heterocycles. The predicted octanol–water partition coefficient (Wildman–Crippen LogP) is 3.69. The summed E-state index contributed by atoms with van der Waals surface area (Å²) < 4.78 is 17.3. The Morgan fingerprint density at radius 1 is 0.962 bits per heavy atom. The number of thioether (sulfide) groups is 2. The third-order valence-corrected chi connectivity index (χ3v) is 7.61. The Morgan fingerprint density at radius 2 is 1.54 bits per heavy atom. The lowest BCUT2D eigenvalue weighted by molar-refractivity contribution is -0.308. The zero-order valence-corrected chi connectivity index (χ0v) is 17.7. The molecule has 0 unspecified atom stereocenters. The van der Waals surface area contributed by atoms with E-state index in [9.17, 15) is 9.59 Å². The molecule has 0 aromatic heterocycles. The summed E-state index contributed by atoms with van der Waals surface area (Å²) in [5, 5.41) is 0. The highest BCUT2D eigenvalue weighted by atomic mass is 32.2. The van der Waals surface area contributed by atoms with Crippen LogP contribution in [0.15, 0.2) is 0 Å². The normalized spacial score (nSPS) is 21.5. The van der Waals surface area contributed by atoms with Crippen LogP contribution in [-0.4, -0.2) is 60.9 Å². The largest absolute Gasteiger partial charge is 0.469 e. The standard InChI is InChI=1S/C19H32O5S2/c1-16(20)6-10-25-14-18(15-26-11-7-17(21)22-2)12-23-19(24-13-18)8-4-3-5-9-19/h3-15H2,1-2H3. The fourth-order valence-electron chi connectivity index (χ4n) is 3.29. The van der Waals surface area contributed by atoms with E-state index in [1.807, 2.05) is 0 Å². The van der Waals surface area contributed by atoms with Gasteiger partial charge in [-0.3, -0.25) is 9.59 Å². The Labute approximate surface area is 165 Å². The van der Waals surface area contributed by atoms with Gasteiger partial charge in [-0.25, -0.2) is 0 Å². The minimum Gasteiger partial charge on any atom is -0.469 e. The molecule has 1 aliphatic heterocycles. The van der Waals surface area contributed by atoms with Crippen LogP contribution in [0.1, 0.15) is 51.9 Å². The molecule has 0 atom stereocenters. The maximum absolute atomic E-state index is 11.3. The molecular formula is C19H32O5S2. The third-order valence-electron chi connectivity index (χ3n) is 4.99. The number of ketones is 1. The molecule has 0 amide bonds. The third kappa shape index (κ3) is 7.06. The van der Waals surface area contributed by atoms with Crippen molar-refractivity contribution in [3.8, 4) is 0 Å². The van der Waals surface area contributed by atoms with Gasteiger partial charge in [0.1, 0.15) is 5.78 Å². The van der Waals surface area contributed by atoms with Crippen molar-refractivity contribution in [3.63, 3.8) is 0 Å². The summed E-state index contributed by atoms with van der Waals surface area (Å²) in [4.78, 5) is 22.5. The van der Waals surface area contributed by atoms with Gasteiger partial charge >= 0.3 is 5.97 Å². The lowest BCUT2D eigenvalue weighted by atomic mass is 9.89. The number of hydrogen-bond donors (Lipinski definition) is 0. The molecule has 1 saturated carbocycles. The minimum atomic E-state index is -0.359. The first-order valence-corrected chi connectivity index (χ1v) is 11.8. The van der Waals surface area contributed by atoms with Gasteiger partial charge in [-0.1, -0.05) is 6.42 Å². The molecule has 150 valence electrons. The summed E-state index contributed by atoms with van der Waals surface area (Å²) in [6.07, 6.45) is 6.65. The van der Waals surface area contributed by atoms with E-state index in [1.54, 1.807) is 30.4 Å². The second-order valence-electron chi connectivity index (χ2n) is 7.43. The molecule has 1 spiro atoms. The van der Waals surface area contributed by atoms with Crippen molar-refractivity contribution in [3.05, 3.63) is 0 Å². The Hall–Kier alpha value is -0.240. The Morgan fingerprint density at radius 3 is 2.08 bits per heavy atom. The van der Waals surface area contributed by atoms with Crippen LogP contribution in [0.2, 0.25) is 0 Å². The maximum atomic E-state index is 11.3. The molecule has 2 fully saturated rings. The number of ether oxygens (including phenoxy) is 3. The maximum Gasteiger partial charge on any atom is 0.306 e. The minimum absolute atomic E-state index is 0.0507. The highest BCUT2D eigenvalue weighted by Gasteiger charge is 2.45. The van der Waals surface area contributed by atoms with E-state index in [0.29, 0.717) is 26.1 Å². The summed E-state index contributed by atoms with van der Waals surface area (Å²) >= 11 is 3.57. The van der Waals surface area contributed by atoms with Crippen LogP contribution < -0.4 is 0 Å². The van der Waals surface area contributed by atoms with Gasteiger partial charge in [-0.2, -0.15) is 23.5 Å². The van der Waals surface area contributed by atoms with Crippen LogP contribution in [0, 0.1) is 5.41 Å². The van der Waals surface area contributed by atoms with Crippen LogP contribution in [0.3, 0.4) is 0 Å². The van der Waals surface area contributed by atoms with Crippen LogP contribution >= 0.6 is 23.5 Å². The second kappa shape index (κ2) is 10.9. The zero-order valence-electron chi connectivity index (χ0n) is 16.1. The van der Waals surface area contributed by atoms with Crippen molar-refractivity contribution in [1.29, 1.82) is 0 Å². The van der Waals surface area contributed by atoms with Crippen LogP contribution in [0.5, 0.6) is 0 Å². The van der Waals surface area contributed by atoms with Crippen molar-refractivity contribution >= 4 is 35.3 Å². The van der Waals surface area contributed by atoms with Gasteiger partial charge in [0.2, 0.25) is 0 Å². The fourth-order valence-corrected chi connectivity index (χ4v) is 5.86. The number of carbonyl (C=O) groups is 2. The Kier molecular flexibility index (Phi) is 9.27. The molecule has 0 bridgehead atoms. The number of rotatable bonds is 10. The first-order chi connectivity index (χ1) is 12.5. The molecule has 0 radical (unpaired) electrons. The van der Waals surface area contributed by atoms with E-state index >= 15 is 0 Å². The lowest BCUT2D eigenvalue weighted by Gasteiger charge is -2.47. The van der Waals surface area contributed by atoms with Crippen LogP contribution in [0.4, 0.5) is 0 Å². The summed E-state index contributed by atoms with van der Waals surface area (Å²) in [6, 6.07) is 0. The average Bonchev–Trinajstić information content (AvgIpc) is 2.65. The van der Waals surface area contributed by atoms with Gasteiger partial charge in [-0.05, 0) is 19.8 Å². The topological polar surface area (TPSA) is 61.8 Å². The van der Waals surface area contributed by atoms with E-state index in [0.717, 1.165) is 35.9 Å². The highest BCUT2D eigenvalue weighted by molar-refractivity contribution is 8.00. The van der Waals surface area contributed by atoms with Crippen molar-refractivity contribution in [2.45, 2.75) is 57.7 Å². The number of carbonyl (C=O) groups excluding carboxylic acids is 2. The van der Waals surface area contributed by atoms with E-state index in [-0.39, 0.29) is 23.0 Å². The number of hydrogen-bond acceptors (Lipinski definition) is 7. The SMILES string of the molecule is COC(=O)CCSCC1(CSCCC(C)=O)COC2(CCCCC2)OC1. The molecule has 2 aliphatic rings. The Bertz CT molecular complexity index is 453. The molecule has 7 heteroatoms. The molecule has 0 aromatic rings. The van der Waals surface area contributed by atoms with Crippen molar-refractivity contribution in [2.24, 2.45) is 5.41 Å². The zero-order chi connectivity index (χ0) is 18.9. The summed E-state index contributed by atoms with van der Waals surface area (Å²) in [5.41, 5.74) is -0.0507. The van der Waals surface area contributed by atoms with Crippen molar-refractivity contribution in [1.82, 2.24) is 0 Å². The highest BCUT2D eigenvalue weighted by Crippen LogP contribution is 2.42. The molecule has 26 heavy (non-hydrogen) atoms. The molecule has 1 aliphatic carbocycles. The number of esters is 1. The monoisotopic (exact) mass is 404 g/mol. The van der Waals surface area contributed by atoms with E-state index in [4.69, 9.17) is 14.2 Å². The predicted molar refractivity (Wildman–Crippen MR) is 107 cm³/mol. The van der Waals surface area contributed by atoms with Crippen LogP contribution in [-0.2, 0) is 23.8 Å². The van der Waals surface area contributed by atoms with E-state index in [2.05, 4.69) is 0 Å². The van der Waals surface area contributed by atoms with Crippen LogP contribution in [0.25, 0.3) is 0 Å². The van der Waals surface area contributed by atoms with Crippen molar-refractivity contribution in [2.75, 3.05) is 43.3 Å². The summed E-state index contributed by atoms with van der Waals surface area (Å²) in [6.45, 7) is 3.04. The van der Waals surface area contributed by atoms with Gasteiger partial charge in [0.05, 0.1) is 26.7 Å². The molecule has 5 nitrogen and oxygen atoms in total. The molecule has 1 heterocycles. The quantitative estimate of drug-likeness (QED) is 0.406. The Balaban J connectivity index is 1.84. The van der Waals surface area contributed by atoms with Gasteiger partial charge in [0.25, 0.3) is 0 Å². The van der Waals surface area contributed by atoms with E-state index < -0.39 is 0 Å². The lowest BCUT2D eigenvalue weighted by Crippen LogP contribution is -2.52. The fraction of sp³-hybridized carbons (Fsp3) is 0.895. The van der Waals surface area contributed by atoms with E-state index in [1.165, 1.54) is 26.4 Å². The second-order valence-corrected chi connectivity index (χ2v) is 9.64. The molecular weight excluding hydrogens is 372 g/mol. The molecule has 0 aromatic carbocycles. The number of Topliss-reactive ketones (excluding diaryl/α,β-unsaturated/α-hetero) is 1.